The zero-order valence-corrected chi connectivity index (χ0v) is 13.9. The van der Waals surface area contributed by atoms with Gasteiger partial charge in [0, 0.05) is 30.3 Å². The summed E-state index contributed by atoms with van der Waals surface area (Å²) in [6.45, 7) is 3.23. The molecule has 2 fully saturated rings. The first kappa shape index (κ1) is 15.2. The third kappa shape index (κ3) is 3.37. The predicted octanol–water partition coefficient (Wildman–Crippen LogP) is 4.10. The van der Waals surface area contributed by atoms with Crippen molar-refractivity contribution in [3.8, 4) is 0 Å². The Morgan fingerprint density at radius 1 is 1.33 bits per heavy atom. The molecular weight excluding hydrogens is 280 g/mol. The zero-order valence-electron chi connectivity index (χ0n) is 13.2. The molecule has 4 atom stereocenters. The molecule has 2 nitrogen and oxygen atoms in total. The van der Waals surface area contributed by atoms with Crippen LogP contribution in [0.25, 0.3) is 0 Å². The molecule has 0 amide bonds. The summed E-state index contributed by atoms with van der Waals surface area (Å²) in [4.78, 5) is 2.43. The summed E-state index contributed by atoms with van der Waals surface area (Å²) in [5, 5.41) is 0.808. The quantitative estimate of drug-likeness (QED) is 0.887. The average molecular weight is 307 g/mol. The first-order valence-corrected chi connectivity index (χ1v) is 8.66. The number of anilines is 1. The Bertz CT molecular complexity index is 500. The number of nitrogens with zero attached hydrogens (tertiary/aromatic N) is 1. The SMILES string of the molecule is CC(N)Cc1cc(Cl)ccc1N(C)CC1CC2CCC1C2. The summed E-state index contributed by atoms with van der Waals surface area (Å²) < 4.78 is 0. The fourth-order valence-corrected chi connectivity index (χ4v) is 4.68. The van der Waals surface area contributed by atoms with Crippen molar-refractivity contribution in [1.29, 1.82) is 0 Å². The molecule has 1 aromatic rings. The molecular formula is C18H27ClN2. The van der Waals surface area contributed by atoms with Crippen molar-refractivity contribution < 1.29 is 0 Å². The van der Waals surface area contributed by atoms with Gasteiger partial charge in [-0.05, 0) is 74.1 Å². The van der Waals surface area contributed by atoms with E-state index >= 15 is 0 Å². The van der Waals surface area contributed by atoms with E-state index in [1.54, 1.807) is 0 Å². The third-order valence-corrected chi connectivity index (χ3v) is 5.62. The van der Waals surface area contributed by atoms with Crippen molar-refractivity contribution in [2.75, 3.05) is 18.5 Å². The van der Waals surface area contributed by atoms with E-state index in [9.17, 15) is 0 Å². The minimum Gasteiger partial charge on any atom is -0.374 e. The molecule has 2 bridgehead atoms. The number of halogens is 1. The van der Waals surface area contributed by atoms with Gasteiger partial charge in [0.25, 0.3) is 0 Å². The monoisotopic (exact) mass is 306 g/mol. The Morgan fingerprint density at radius 3 is 2.76 bits per heavy atom. The van der Waals surface area contributed by atoms with E-state index in [1.807, 2.05) is 6.07 Å². The fraction of sp³-hybridized carbons (Fsp3) is 0.667. The molecule has 2 saturated carbocycles. The van der Waals surface area contributed by atoms with Gasteiger partial charge in [-0.15, -0.1) is 0 Å². The Labute approximate surface area is 133 Å². The van der Waals surface area contributed by atoms with Crippen molar-refractivity contribution in [3.63, 3.8) is 0 Å². The second-order valence-electron chi connectivity index (χ2n) is 7.27. The van der Waals surface area contributed by atoms with Gasteiger partial charge in [0.05, 0.1) is 0 Å². The summed E-state index contributed by atoms with van der Waals surface area (Å²) >= 11 is 6.17. The highest BCUT2D eigenvalue weighted by Gasteiger charge is 2.39. The lowest BCUT2D eigenvalue weighted by molar-refractivity contribution is 0.337. The van der Waals surface area contributed by atoms with Gasteiger partial charge in [0.15, 0.2) is 0 Å². The minimum atomic E-state index is 0.165. The molecule has 4 unspecified atom stereocenters. The average Bonchev–Trinajstić information content (AvgIpc) is 3.00. The molecule has 3 heteroatoms. The van der Waals surface area contributed by atoms with Crippen molar-refractivity contribution in [3.05, 3.63) is 28.8 Å². The van der Waals surface area contributed by atoms with Gasteiger partial charge in [-0.25, -0.2) is 0 Å². The van der Waals surface area contributed by atoms with Crippen LogP contribution in [0.3, 0.4) is 0 Å². The zero-order chi connectivity index (χ0) is 15.0. The van der Waals surface area contributed by atoms with Crippen LogP contribution in [0, 0.1) is 17.8 Å². The molecule has 0 saturated heterocycles. The molecule has 0 aromatic heterocycles. The second kappa shape index (κ2) is 6.18. The first-order chi connectivity index (χ1) is 10.0. The van der Waals surface area contributed by atoms with Crippen molar-refractivity contribution in [2.45, 2.75) is 45.1 Å². The van der Waals surface area contributed by atoms with Gasteiger partial charge in [-0.2, -0.15) is 0 Å². The molecule has 116 valence electrons. The number of hydrogen-bond donors (Lipinski definition) is 1. The van der Waals surface area contributed by atoms with Crippen molar-refractivity contribution in [1.82, 2.24) is 0 Å². The maximum Gasteiger partial charge on any atom is 0.0410 e. The molecule has 0 aliphatic heterocycles. The maximum absolute atomic E-state index is 6.17. The van der Waals surface area contributed by atoms with Crippen molar-refractivity contribution >= 4 is 17.3 Å². The van der Waals surface area contributed by atoms with Crippen LogP contribution in [0.4, 0.5) is 5.69 Å². The molecule has 1 aromatic carbocycles. The number of rotatable bonds is 5. The Morgan fingerprint density at radius 2 is 2.14 bits per heavy atom. The highest BCUT2D eigenvalue weighted by Crippen LogP contribution is 2.48. The van der Waals surface area contributed by atoms with Crippen LogP contribution in [-0.2, 0) is 6.42 Å². The molecule has 0 radical (unpaired) electrons. The smallest absolute Gasteiger partial charge is 0.0410 e. The van der Waals surface area contributed by atoms with Gasteiger partial charge in [0.2, 0.25) is 0 Å². The van der Waals surface area contributed by atoms with Crippen LogP contribution in [0.15, 0.2) is 18.2 Å². The van der Waals surface area contributed by atoms with Crippen LogP contribution < -0.4 is 10.6 Å². The molecule has 3 rings (SSSR count). The van der Waals surface area contributed by atoms with Crippen LogP contribution in [0.1, 0.15) is 38.2 Å². The number of fused-ring (bicyclic) bond motifs is 2. The summed E-state index contributed by atoms with van der Waals surface area (Å²) in [5.41, 5.74) is 8.58. The molecule has 2 aliphatic carbocycles. The fourth-order valence-electron chi connectivity index (χ4n) is 4.49. The molecule has 2 N–H and O–H groups in total. The van der Waals surface area contributed by atoms with E-state index in [1.165, 1.54) is 43.5 Å². The normalized spacial score (nSPS) is 28.9. The summed E-state index contributed by atoms with van der Waals surface area (Å²) in [6, 6.07) is 6.40. The number of nitrogens with two attached hydrogens (primary N) is 1. The summed E-state index contributed by atoms with van der Waals surface area (Å²) in [5.74, 6) is 2.87. The maximum atomic E-state index is 6.17. The highest BCUT2D eigenvalue weighted by molar-refractivity contribution is 6.30. The van der Waals surface area contributed by atoms with E-state index < -0.39 is 0 Å². The van der Waals surface area contributed by atoms with Gasteiger partial charge >= 0.3 is 0 Å². The number of hydrogen-bond acceptors (Lipinski definition) is 2. The van der Waals surface area contributed by atoms with E-state index in [2.05, 4.69) is 31.0 Å². The standard InChI is InChI=1S/C18H27ClN2/c1-12(20)7-15-10-17(19)5-6-18(15)21(2)11-16-9-13-3-4-14(16)8-13/h5-6,10,12-14,16H,3-4,7-9,11,20H2,1-2H3. The minimum absolute atomic E-state index is 0.165. The Balaban J connectivity index is 1.73. The van der Waals surface area contributed by atoms with Crippen LogP contribution in [0.5, 0.6) is 0 Å². The lowest BCUT2D eigenvalue weighted by atomic mass is 9.88. The largest absolute Gasteiger partial charge is 0.374 e. The van der Waals surface area contributed by atoms with E-state index in [0.29, 0.717) is 0 Å². The van der Waals surface area contributed by atoms with Crippen molar-refractivity contribution in [2.24, 2.45) is 23.5 Å². The Kier molecular flexibility index (Phi) is 4.46. The molecule has 0 spiro atoms. The van der Waals surface area contributed by atoms with Gasteiger partial charge in [-0.3, -0.25) is 0 Å². The summed E-state index contributed by atoms with van der Waals surface area (Å²) in [7, 11) is 2.22. The van der Waals surface area contributed by atoms with E-state index in [-0.39, 0.29) is 6.04 Å². The number of benzene rings is 1. The van der Waals surface area contributed by atoms with Crippen LogP contribution in [0.2, 0.25) is 5.02 Å². The molecule has 2 aliphatic rings. The first-order valence-electron chi connectivity index (χ1n) is 8.28. The van der Waals surface area contributed by atoms with Crippen LogP contribution in [-0.4, -0.2) is 19.6 Å². The predicted molar refractivity (Wildman–Crippen MR) is 91.0 cm³/mol. The van der Waals surface area contributed by atoms with E-state index in [0.717, 1.165) is 29.2 Å². The molecule has 21 heavy (non-hydrogen) atoms. The second-order valence-corrected chi connectivity index (χ2v) is 7.71. The summed E-state index contributed by atoms with van der Waals surface area (Å²) in [6.07, 6.45) is 6.73. The van der Waals surface area contributed by atoms with Crippen LogP contribution >= 0.6 is 11.6 Å². The van der Waals surface area contributed by atoms with E-state index in [4.69, 9.17) is 17.3 Å². The molecule has 0 heterocycles. The lowest BCUT2D eigenvalue weighted by Gasteiger charge is -2.30. The highest BCUT2D eigenvalue weighted by atomic mass is 35.5. The van der Waals surface area contributed by atoms with Gasteiger partial charge in [-0.1, -0.05) is 18.0 Å². The third-order valence-electron chi connectivity index (χ3n) is 5.39. The van der Waals surface area contributed by atoms with Gasteiger partial charge < -0.3 is 10.6 Å². The lowest BCUT2D eigenvalue weighted by Crippen LogP contribution is -2.30. The Hall–Kier alpha value is -0.730. The van der Waals surface area contributed by atoms with Gasteiger partial charge in [0.1, 0.15) is 0 Å². The topological polar surface area (TPSA) is 29.3 Å².